The second-order valence-electron chi connectivity index (χ2n) is 5.67. The van der Waals surface area contributed by atoms with E-state index < -0.39 is 0 Å². The molecule has 2 aromatic rings. The number of nitrogens with one attached hydrogen (secondary N) is 1. The molecule has 19 heavy (non-hydrogen) atoms. The van der Waals surface area contributed by atoms with Gasteiger partial charge in [-0.25, -0.2) is 9.50 Å². The van der Waals surface area contributed by atoms with E-state index in [1.807, 2.05) is 23.7 Å². The van der Waals surface area contributed by atoms with Crippen molar-refractivity contribution in [2.24, 2.45) is 5.92 Å². The molecular weight excluding hydrogens is 236 g/mol. The topological polar surface area (TPSA) is 42.2 Å². The maximum atomic E-state index is 4.42. The molecule has 0 unspecified atom stereocenters. The van der Waals surface area contributed by atoms with Crippen molar-refractivity contribution in [1.29, 1.82) is 0 Å². The van der Waals surface area contributed by atoms with Gasteiger partial charge in [-0.05, 0) is 25.8 Å². The van der Waals surface area contributed by atoms with Gasteiger partial charge in [0.15, 0.2) is 5.65 Å². The summed E-state index contributed by atoms with van der Waals surface area (Å²) in [6.07, 6.45) is 11.1. The standard InChI is InChI=1S/C15H22N4/c1-12-8-15-17-10-14(11-19(15)18-12)9-16-7-6-13-4-2-3-5-13/h8,10-11,13,16H,2-7,9H2,1H3. The van der Waals surface area contributed by atoms with E-state index in [-0.39, 0.29) is 0 Å². The molecule has 2 aromatic heterocycles. The lowest BCUT2D eigenvalue weighted by molar-refractivity contribution is 0.477. The smallest absolute Gasteiger partial charge is 0.155 e. The zero-order valence-corrected chi connectivity index (χ0v) is 11.6. The second kappa shape index (κ2) is 5.70. The molecular formula is C15H22N4. The summed E-state index contributed by atoms with van der Waals surface area (Å²) in [7, 11) is 0. The van der Waals surface area contributed by atoms with Gasteiger partial charge in [-0.15, -0.1) is 0 Å². The Kier molecular flexibility index (Phi) is 3.78. The fourth-order valence-corrected chi connectivity index (χ4v) is 2.96. The fourth-order valence-electron chi connectivity index (χ4n) is 2.96. The molecule has 0 aromatic carbocycles. The van der Waals surface area contributed by atoms with E-state index in [9.17, 15) is 0 Å². The van der Waals surface area contributed by atoms with Crippen LogP contribution in [0.3, 0.4) is 0 Å². The van der Waals surface area contributed by atoms with Crippen molar-refractivity contribution in [1.82, 2.24) is 19.9 Å². The van der Waals surface area contributed by atoms with E-state index in [0.717, 1.165) is 30.3 Å². The minimum Gasteiger partial charge on any atom is -0.313 e. The van der Waals surface area contributed by atoms with Gasteiger partial charge in [-0.3, -0.25) is 0 Å². The Hall–Kier alpha value is -1.42. The van der Waals surface area contributed by atoms with Gasteiger partial charge in [0.2, 0.25) is 0 Å². The molecule has 1 aliphatic rings. The molecule has 0 saturated heterocycles. The second-order valence-corrected chi connectivity index (χ2v) is 5.67. The molecule has 102 valence electrons. The van der Waals surface area contributed by atoms with Crippen molar-refractivity contribution in [2.45, 2.75) is 45.6 Å². The van der Waals surface area contributed by atoms with Crippen molar-refractivity contribution in [2.75, 3.05) is 6.54 Å². The zero-order valence-electron chi connectivity index (χ0n) is 11.6. The van der Waals surface area contributed by atoms with Gasteiger partial charge in [0.05, 0.1) is 5.69 Å². The van der Waals surface area contributed by atoms with Crippen LogP contribution in [0.1, 0.15) is 43.4 Å². The van der Waals surface area contributed by atoms with Crippen LogP contribution in [-0.4, -0.2) is 21.1 Å². The first-order valence-corrected chi connectivity index (χ1v) is 7.33. The SMILES string of the molecule is Cc1cc2ncc(CNCCC3CCCC3)cn2n1. The number of aromatic nitrogens is 3. The fraction of sp³-hybridized carbons (Fsp3) is 0.600. The monoisotopic (exact) mass is 258 g/mol. The predicted molar refractivity (Wildman–Crippen MR) is 76.0 cm³/mol. The van der Waals surface area contributed by atoms with Crippen LogP contribution in [-0.2, 0) is 6.54 Å². The molecule has 0 atom stereocenters. The Bertz CT molecular complexity index is 540. The van der Waals surface area contributed by atoms with Crippen molar-refractivity contribution < 1.29 is 0 Å². The quantitative estimate of drug-likeness (QED) is 0.838. The highest BCUT2D eigenvalue weighted by Crippen LogP contribution is 2.26. The predicted octanol–water partition coefficient (Wildman–Crippen LogP) is 2.71. The van der Waals surface area contributed by atoms with Crippen LogP contribution >= 0.6 is 0 Å². The Balaban J connectivity index is 1.50. The minimum absolute atomic E-state index is 0.883. The molecule has 0 aliphatic heterocycles. The molecule has 0 bridgehead atoms. The first kappa shape index (κ1) is 12.6. The van der Waals surface area contributed by atoms with E-state index in [1.165, 1.54) is 37.7 Å². The van der Waals surface area contributed by atoms with E-state index in [1.54, 1.807) is 0 Å². The van der Waals surface area contributed by atoms with E-state index in [2.05, 4.69) is 21.6 Å². The number of fused-ring (bicyclic) bond motifs is 1. The Morgan fingerprint density at radius 3 is 3.05 bits per heavy atom. The third-order valence-corrected chi connectivity index (χ3v) is 4.02. The molecule has 1 saturated carbocycles. The van der Waals surface area contributed by atoms with Crippen molar-refractivity contribution in [3.05, 3.63) is 29.7 Å². The summed E-state index contributed by atoms with van der Waals surface area (Å²) in [5.41, 5.74) is 3.13. The van der Waals surface area contributed by atoms with Crippen LogP contribution in [0.25, 0.3) is 5.65 Å². The van der Waals surface area contributed by atoms with Gasteiger partial charge in [-0.2, -0.15) is 5.10 Å². The molecule has 4 nitrogen and oxygen atoms in total. The summed E-state index contributed by atoms with van der Waals surface area (Å²) in [4.78, 5) is 4.42. The van der Waals surface area contributed by atoms with Crippen molar-refractivity contribution >= 4 is 5.65 Å². The summed E-state index contributed by atoms with van der Waals surface area (Å²) >= 11 is 0. The molecule has 1 N–H and O–H groups in total. The average Bonchev–Trinajstić information content (AvgIpc) is 3.02. The number of hydrogen-bond donors (Lipinski definition) is 1. The maximum absolute atomic E-state index is 4.42. The molecule has 0 amide bonds. The van der Waals surface area contributed by atoms with Crippen molar-refractivity contribution in [3.63, 3.8) is 0 Å². The third-order valence-electron chi connectivity index (χ3n) is 4.02. The molecule has 0 radical (unpaired) electrons. The van der Waals surface area contributed by atoms with Crippen LogP contribution in [0.5, 0.6) is 0 Å². The summed E-state index contributed by atoms with van der Waals surface area (Å²) in [6.45, 7) is 3.99. The minimum atomic E-state index is 0.883. The zero-order chi connectivity index (χ0) is 13.1. The van der Waals surface area contributed by atoms with E-state index in [0.29, 0.717) is 0 Å². The highest BCUT2D eigenvalue weighted by Gasteiger charge is 2.13. The van der Waals surface area contributed by atoms with Gasteiger partial charge < -0.3 is 5.32 Å². The van der Waals surface area contributed by atoms with Gasteiger partial charge in [0.1, 0.15) is 0 Å². The Morgan fingerprint density at radius 2 is 2.21 bits per heavy atom. The number of nitrogens with zero attached hydrogens (tertiary/aromatic N) is 3. The summed E-state index contributed by atoms with van der Waals surface area (Å²) in [5.74, 6) is 0.960. The molecule has 0 spiro atoms. The van der Waals surface area contributed by atoms with Crippen LogP contribution in [0.2, 0.25) is 0 Å². The Morgan fingerprint density at radius 1 is 1.37 bits per heavy atom. The lowest BCUT2D eigenvalue weighted by Crippen LogP contribution is -2.17. The van der Waals surface area contributed by atoms with Crippen LogP contribution < -0.4 is 5.32 Å². The number of hydrogen-bond acceptors (Lipinski definition) is 3. The number of aryl methyl sites for hydroxylation is 1. The highest BCUT2D eigenvalue weighted by atomic mass is 15.2. The normalized spacial score (nSPS) is 16.5. The molecule has 1 aliphatic carbocycles. The summed E-state index contributed by atoms with van der Waals surface area (Å²) < 4.78 is 1.86. The lowest BCUT2D eigenvalue weighted by atomic mass is 10.0. The van der Waals surface area contributed by atoms with Gasteiger partial charge in [-0.1, -0.05) is 25.7 Å². The molecule has 4 heteroatoms. The average molecular weight is 258 g/mol. The van der Waals surface area contributed by atoms with Gasteiger partial charge in [0.25, 0.3) is 0 Å². The summed E-state index contributed by atoms with van der Waals surface area (Å²) in [6, 6.07) is 2.00. The molecule has 3 rings (SSSR count). The van der Waals surface area contributed by atoms with Crippen LogP contribution in [0.4, 0.5) is 0 Å². The van der Waals surface area contributed by atoms with Crippen molar-refractivity contribution in [3.8, 4) is 0 Å². The largest absolute Gasteiger partial charge is 0.313 e. The lowest BCUT2D eigenvalue weighted by Gasteiger charge is -2.09. The first-order chi connectivity index (χ1) is 9.31. The van der Waals surface area contributed by atoms with E-state index in [4.69, 9.17) is 0 Å². The molecule has 1 fully saturated rings. The first-order valence-electron chi connectivity index (χ1n) is 7.33. The third kappa shape index (κ3) is 3.13. The van der Waals surface area contributed by atoms with Gasteiger partial charge in [0, 0.05) is 30.6 Å². The van der Waals surface area contributed by atoms with Gasteiger partial charge >= 0.3 is 0 Å². The number of rotatable bonds is 5. The summed E-state index contributed by atoms with van der Waals surface area (Å²) in [5, 5.41) is 7.91. The van der Waals surface area contributed by atoms with Crippen LogP contribution in [0, 0.1) is 12.8 Å². The van der Waals surface area contributed by atoms with E-state index >= 15 is 0 Å². The Labute approximate surface area is 114 Å². The maximum Gasteiger partial charge on any atom is 0.155 e. The van der Waals surface area contributed by atoms with Crippen LogP contribution in [0.15, 0.2) is 18.5 Å². The molecule has 2 heterocycles. The highest BCUT2D eigenvalue weighted by molar-refractivity contribution is 5.38.